The van der Waals surface area contributed by atoms with Gasteiger partial charge in [0.1, 0.15) is 5.82 Å². The summed E-state index contributed by atoms with van der Waals surface area (Å²) < 4.78 is 2.18. The standard InChI is InChI=1S/C13H19N3/c1-9-6-7-11-13(10(9)2)15-12(16(11)3)5-4-8-14/h6-7H,4-5,8,14H2,1-3H3. The van der Waals surface area contributed by atoms with Crippen LogP contribution in [0, 0.1) is 13.8 Å². The normalized spacial score (nSPS) is 11.2. The van der Waals surface area contributed by atoms with Crippen LogP contribution in [0.2, 0.25) is 0 Å². The summed E-state index contributed by atoms with van der Waals surface area (Å²) in [6.07, 6.45) is 1.95. The topological polar surface area (TPSA) is 43.8 Å². The Kier molecular flexibility index (Phi) is 2.97. The number of rotatable bonds is 3. The molecule has 0 amide bonds. The molecule has 0 saturated carbocycles. The molecule has 1 heterocycles. The lowest BCUT2D eigenvalue weighted by atomic mass is 10.1. The maximum Gasteiger partial charge on any atom is 0.109 e. The molecule has 0 spiro atoms. The van der Waals surface area contributed by atoms with Crippen molar-refractivity contribution in [1.82, 2.24) is 9.55 Å². The Morgan fingerprint density at radius 2 is 2.06 bits per heavy atom. The lowest BCUT2D eigenvalue weighted by Crippen LogP contribution is -2.04. The highest BCUT2D eigenvalue weighted by molar-refractivity contribution is 5.80. The number of benzene rings is 1. The van der Waals surface area contributed by atoms with Crippen molar-refractivity contribution in [2.24, 2.45) is 12.8 Å². The van der Waals surface area contributed by atoms with Gasteiger partial charge in [-0.15, -0.1) is 0 Å². The fraction of sp³-hybridized carbons (Fsp3) is 0.462. The van der Waals surface area contributed by atoms with Gasteiger partial charge in [0.05, 0.1) is 11.0 Å². The van der Waals surface area contributed by atoms with E-state index in [1.54, 1.807) is 0 Å². The summed E-state index contributed by atoms with van der Waals surface area (Å²) in [5.41, 5.74) is 10.5. The average molecular weight is 217 g/mol. The number of aryl methyl sites for hydroxylation is 4. The number of hydrogen-bond donors (Lipinski definition) is 1. The van der Waals surface area contributed by atoms with Gasteiger partial charge in [0, 0.05) is 13.5 Å². The molecule has 3 nitrogen and oxygen atoms in total. The van der Waals surface area contributed by atoms with Crippen molar-refractivity contribution in [3.05, 3.63) is 29.1 Å². The number of aromatic nitrogens is 2. The molecule has 0 aliphatic heterocycles. The molecule has 2 N–H and O–H groups in total. The first-order valence-corrected chi connectivity index (χ1v) is 5.76. The summed E-state index contributed by atoms with van der Waals surface area (Å²) in [6.45, 7) is 4.99. The van der Waals surface area contributed by atoms with Gasteiger partial charge in [-0.25, -0.2) is 4.98 Å². The molecule has 2 aromatic rings. The Morgan fingerprint density at radius 1 is 1.31 bits per heavy atom. The van der Waals surface area contributed by atoms with Crippen molar-refractivity contribution in [3.63, 3.8) is 0 Å². The van der Waals surface area contributed by atoms with Crippen molar-refractivity contribution in [2.45, 2.75) is 26.7 Å². The Balaban J connectivity index is 2.54. The van der Waals surface area contributed by atoms with Crippen LogP contribution in [0.25, 0.3) is 11.0 Å². The zero-order valence-electron chi connectivity index (χ0n) is 10.2. The summed E-state index contributed by atoms with van der Waals surface area (Å²) in [5, 5.41) is 0. The minimum Gasteiger partial charge on any atom is -0.331 e. The molecule has 16 heavy (non-hydrogen) atoms. The number of fused-ring (bicyclic) bond motifs is 1. The average Bonchev–Trinajstić information content (AvgIpc) is 2.59. The molecule has 1 aromatic carbocycles. The number of imidazole rings is 1. The van der Waals surface area contributed by atoms with Crippen molar-refractivity contribution >= 4 is 11.0 Å². The molecule has 0 atom stereocenters. The minimum absolute atomic E-state index is 0.723. The van der Waals surface area contributed by atoms with Crippen LogP contribution in [-0.2, 0) is 13.5 Å². The van der Waals surface area contributed by atoms with Gasteiger partial charge in [0.2, 0.25) is 0 Å². The van der Waals surface area contributed by atoms with Crippen LogP contribution in [0.5, 0.6) is 0 Å². The van der Waals surface area contributed by atoms with E-state index in [1.165, 1.54) is 16.6 Å². The van der Waals surface area contributed by atoms with Crippen molar-refractivity contribution in [3.8, 4) is 0 Å². The summed E-state index contributed by atoms with van der Waals surface area (Å²) in [6, 6.07) is 4.31. The second kappa shape index (κ2) is 4.26. The smallest absolute Gasteiger partial charge is 0.109 e. The third-order valence-corrected chi connectivity index (χ3v) is 3.27. The molecule has 2 rings (SSSR count). The van der Waals surface area contributed by atoms with E-state index in [2.05, 4.69) is 37.6 Å². The first-order valence-electron chi connectivity index (χ1n) is 5.76. The Hall–Kier alpha value is -1.35. The number of nitrogens with two attached hydrogens (primary N) is 1. The van der Waals surface area contributed by atoms with Crippen molar-refractivity contribution in [2.75, 3.05) is 6.54 Å². The molecule has 0 fully saturated rings. The fourth-order valence-corrected chi connectivity index (χ4v) is 2.03. The highest BCUT2D eigenvalue weighted by Crippen LogP contribution is 2.21. The second-order valence-corrected chi connectivity index (χ2v) is 4.35. The van der Waals surface area contributed by atoms with E-state index in [9.17, 15) is 0 Å². The highest BCUT2D eigenvalue weighted by atomic mass is 15.1. The SMILES string of the molecule is Cc1ccc2c(nc(CCCN)n2C)c1C. The lowest BCUT2D eigenvalue weighted by molar-refractivity contribution is 0.741. The summed E-state index contributed by atoms with van der Waals surface area (Å²) >= 11 is 0. The summed E-state index contributed by atoms with van der Waals surface area (Å²) in [4.78, 5) is 4.72. The highest BCUT2D eigenvalue weighted by Gasteiger charge is 2.09. The van der Waals surface area contributed by atoms with Crippen LogP contribution in [0.4, 0.5) is 0 Å². The zero-order chi connectivity index (χ0) is 11.7. The van der Waals surface area contributed by atoms with Crippen molar-refractivity contribution < 1.29 is 0 Å². The van der Waals surface area contributed by atoms with E-state index in [4.69, 9.17) is 10.7 Å². The van der Waals surface area contributed by atoms with E-state index in [1.807, 2.05) is 0 Å². The number of hydrogen-bond acceptors (Lipinski definition) is 2. The molecule has 1 aromatic heterocycles. The molecule has 0 bridgehead atoms. The minimum atomic E-state index is 0.723. The summed E-state index contributed by atoms with van der Waals surface area (Å²) in [7, 11) is 2.08. The van der Waals surface area contributed by atoms with Gasteiger partial charge >= 0.3 is 0 Å². The van der Waals surface area contributed by atoms with Gasteiger partial charge in [-0.1, -0.05) is 6.07 Å². The summed E-state index contributed by atoms with van der Waals surface area (Å²) in [5.74, 6) is 1.13. The van der Waals surface area contributed by atoms with Gasteiger partial charge in [-0.05, 0) is 44.0 Å². The Morgan fingerprint density at radius 3 is 2.75 bits per heavy atom. The van der Waals surface area contributed by atoms with Gasteiger partial charge < -0.3 is 10.3 Å². The monoisotopic (exact) mass is 217 g/mol. The Bertz CT molecular complexity index is 511. The molecule has 86 valence electrons. The third-order valence-electron chi connectivity index (χ3n) is 3.27. The van der Waals surface area contributed by atoms with Crippen LogP contribution in [0.1, 0.15) is 23.4 Å². The molecule has 0 saturated heterocycles. The predicted octanol–water partition coefficient (Wildman–Crippen LogP) is 2.08. The van der Waals surface area contributed by atoms with E-state index in [0.29, 0.717) is 0 Å². The van der Waals surface area contributed by atoms with Gasteiger partial charge in [-0.2, -0.15) is 0 Å². The van der Waals surface area contributed by atoms with Gasteiger partial charge in [0.15, 0.2) is 0 Å². The second-order valence-electron chi connectivity index (χ2n) is 4.35. The molecular formula is C13H19N3. The largest absolute Gasteiger partial charge is 0.331 e. The van der Waals surface area contributed by atoms with Gasteiger partial charge in [-0.3, -0.25) is 0 Å². The van der Waals surface area contributed by atoms with E-state index in [0.717, 1.165) is 30.7 Å². The van der Waals surface area contributed by atoms with Crippen LogP contribution in [-0.4, -0.2) is 16.1 Å². The van der Waals surface area contributed by atoms with E-state index >= 15 is 0 Å². The molecule has 3 heteroatoms. The Labute approximate surface area is 96.3 Å². The van der Waals surface area contributed by atoms with Crippen LogP contribution in [0.15, 0.2) is 12.1 Å². The molecule has 0 radical (unpaired) electrons. The van der Waals surface area contributed by atoms with Crippen molar-refractivity contribution in [1.29, 1.82) is 0 Å². The predicted molar refractivity (Wildman–Crippen MR) is 67.6 cm³/mol. The first kappa shape index (κ1) is 11.1. The lowest BCUT2D eigenvalue weighted by Gasteiger charge is -2.02. The quantitative estimate of drug-likeness (QED) is 0.855. The molecule has 0 unspecified atom stereocenters. The number of nitrogens with zero attached hydrogens (tertiary/aromatic N) is 2. The van der Waals surface area contributed by atoms with Crippen LogP contribution in [0.3, 0.4) is 0 Å². The first-order chi connectivity index (χ1) is 7.65. The molecular weight excluding hydrogens is 198 g/mol. The molecule has 0 aliphatic rings. The van der Waals surface area contributed by atoms with E-state index in [-0.39, 0.29) is 0 Å². The van der Waals surface area contributed by atoms with Gasteiger partial charge in [0.25, 0.3) is 0 Å². The van der Waals surface area contributed by atoms with Crippen LogP contribution < -0.4 is 5.73 Å². The molecule has 0 aliphatic carbocycles. The zero-order valence-corrected chi connectivity index (χ0v) is 10.2. The fourth-order valence-electron chi connectivity index (χ4n) is 2.03. The van der Waals surface area contributed by atoms with E-state index < -0.39 is 0 Å². The maximum absolute atomic E-state index is 5.54. The third kappa shape index (κ3) is 1.71. The maximum atomic E-state index is 5.54. The van der Waals surface area contributed by atoms with Crippen LogP contribution >= 0.6 is 0 Å².